The van der Waals surface area contributed by atoms with Crippen LogP contribution in [0.2, 0.25) is 0 Å². The minimum Gasteiger partial charge on any atom is -0.0620 e. The summed E-state index contributed by atoms with van der Waals surface area (Å²) < 4.78 is 0. The SMILES string of the molecule is OCc1ccccc1.[NaH].c1ccc2c(c1)C2. The molecule has 0 radical (unpaired) electrons. The van der Waals surface area contributed by atoms with Gasteiger partial charge in [0.15, 0.2) is 0 Å². The molecule has 1 N–H and O–H groups in total. The molecule has 2 aromatic carbocycles. The summed E-state index contributed by atoms with van der Waals surface area (Å²) in [5.74, 6) is 0. The van der Waals surface area contributed by atoms with Gasteiger partial charge in [-0.05, 0) is 23.1 Å². The van der Waals surface area contributed by atoms with Crippen LogP contribution in [0.5, 0.6) is 0 Å². The fourth-order valence-electron chi connectivity index (χ4n) is 1.42. The summed E-state index contributed by atoms with van der Waals surface area (Å²) >= 11 is 0. The minimum atomic E-state index is 0. The van der Waals surface area contributed by atoms with Crippen molar-refractivity contribution in [2.75, 3.05) is 0 Å². The molecule has 0 heterocycles. The predicted octanol–water partition coefficient (Wildman–Crippen LogP) is 2.12. The summed E-state index contributed by atoms with van der Waals surface area (Å²) in [4.78, 5) is 0. The molecule has 0 saturated heterocycles. The summed E-state index contributed by atoms with van der Waals surface area (Å²) in [7, 11) is 0. The molecule has 3 rings (SSSR count). The van der Waals surface area contributed by atoms with Gasteiger partial charge in [0.25, 0.3) is 0 Å². The van der Waals surface area contributed by atoms with E-state index >= 15 is 0 Å². The second-order valence-electron chi connectivity index (χ2n) is 3.59. The first kappa shape index (κ1) is 13.5. The Hall–Kier alpha value is -0.600. The molecule has 0 atom stereocenters. The first-order valence-corrected chi connectivity index (χ1v) is 5.11. The monoisotopic (exact) mass is 222 g/mol. The van der Waals surface area contributed by atoms with Crippen LogP contribution in [0.3, 0.4) is 0 Å². The normalized spacial score (nSPS) is 10.3. The van der Waals surface area contributed by atoms with Crippen LogP contribution in [-0.4, -0.2) is 34.7 Å². The fourth-order valence-corrected chi connectivity index (χ4v) is 1.42. The molecule has 2 aromatic rings. The Morgan fingerprint density at radius 1 is 0.812 bits per heavy atom. The van der Waals surface area contributed by atoms with Crippen molar-refractivity contribution in [3.05, 3.63) is 71.3 Å². The molecule has 16 heavy (non-hydrogen) atoms. The van der Waals surface area contributed by atoms with E-state index in [1.165, 1.54) is 17.5 Å². The van der Waals surface area contributed by atoms with E-state index in [-0.39, 0.29) is 36.2 Å². The van der Waals surface area contributed by atoms with Gasteiger partial charge in [-0.2, -0.15) is 0 Å². The Bertz CT molecular complexity index is 405. The molecule has 1 aliphatic rings. The Balaban J connectivity index is 0.000000151. The molecule has 1 aliphatic carbocycles. The number of benzene rings is 2. The predicted molar refractivity (Wildman–Crippen MR) is 68.8 cm³/mol. The molecule has 0 fully saturated rings. The Labute approximate surface area is 118 Å². The van der Waals surface area contributed by atoms with Crippen LogP contribution in [0.4, 0.5) is 0 Å². The number of fused-ring (bicyclic) bond motifs is 1. The quantitative estimate of drug-likeness (QED) is 0.625. The summed E-state index contributed by atoms with van der Waals surface area (Å²) in [6, 6.07) is 18.1. The molecule has 0 aromatic heterocycles. The second kappa shape index (κ2) is 6.87. The standard InChI is InChI=1S/C7H8O.C7H6.Na.H/c8-6-7-4-2-1-3-5-7;1-2-4-7-5-6(7)3-1;;/h1-5,8H,6H2;1-4H,5H2;;. The van der Waals surface area contributed by atoms with Gasteiger partial charge in [-0.3, -0.25) is 0 Å². The van der Waals surface area contributed by atoms with E-state index in [0.29, 0.717) is 0 Å². The summed E-state index contributed by atoms with van der Waals surface area (Å²) in [5, 5.41) is 8.54. The fraction of sp³-hybridized carbons (Fsp3) is 0.143. The van der Waals surface area contributed by atoms with Gasteiger partial charge in [-0.25, -0.2) is 0 Å². The Morgan fingerprint density at radius 3 is 1.69 bits per heavy atom. The summed E-state index contributed by atoms with van der Waals surface area (Å²) in [6.07, 6.45) is 1.24. The number of rotatable bonds is 1. The van der Waals surface area contributed by atoms with Crippen LogP contribution in [-0.2, 0) is 13.0 Å². The van der Waals surface area contributed by atoms with Crippen LogP contribution in [0, 0.1) is 0 Å². The largest absolute Gasteiger partial charge is 0.0620 e. The van der Waals surface area contributed by atoms with Crippen LogP contribution in [0.15, 0.2) is 54.6 Å². The maximum atomic E-state index is 8.54. The number of aliphatic hydroxyl groups is 1. The summed E-state index contributed by atoms with van der Waals surface area (Å²) in [5.41, 5.74) is 4.03. The van der Waals surface area contributed by atoms with E-state index < -0.39 is 0 Å². The zero-order valence-electron chi connectivity index (χ0n) is 8.56. The van der Waals surface area contributed by atoms with Gasteiger partial charge in [-0.15, -0.1) is 0 Å². The van der Waals surface area contributed by atoms with Gasteiger partial charge in [-0.1, -0.05) is 54.6 Å². The van der Waals surface area contributed by atoms with E-state index in [4.69, 9.17) is 5.11 Å². The van der Waals surface area contributed by atoms with Crippen molar-refractivity contribution in [1.82, 2.24) is 0 Å². The van der Waals surface area contributed by atoms with Gasteiger partial charge in [0.2, 0.25) is 0 Å². The van der Waals surface area contributed by atoms with E-state index in [1.807, 2.05) is 30.3 Å². The van der Waals surface area contributed by atoms with Gasteiger partial charge in [0.1, 0.15) is 0 Å². The second-order valence-corrected chi connectivity index (χ2v) is 3.59. The Morgan fingerprint density at radius 2 is 1.31 bits per heavy atom. The first-order valence-electron chi connectivity index (χ1n) is 5.11. The number of aliphatic hydroxyl groups excluding tert-OH is 1. The van der Waals surface area contributed by atoms with Crippen molar-refractivity contribution in [1.29, 1.82) is 0 Å². The van der Waals surface area contributed by atoms with Crippen molar-refractivity contribution in [2.45, 2.75) is 13.0 Å². The van der Waals surface area contributed by atoms with E-state index in [0.717, 1.165) is 5.56 Å². The third-order valence-corrected chi connectivity index (χ3v) is 2.40. The zero-order valence-corrected chi connectivity index (χ0v) is 8.56. The molecular formula is C14H15NaO. The zero-order chi connectivity index (χ0) is 10.5. The summed E-state index contributed by atoms with van der Waals surface area (Å²) in [6.45, 7) is 0.140. The minimum absolute atomic E-state index is 0. The van der Waals surface area contributed by atoms with Gasteiger partial charge >= 0.3 is 29.6 Å². The van der Waals surface area contributed by atoms with Crippen molar-refractivity contribution in [2.24, 2.45) is 0 Å². The van der Waals surface area contributed by atoms with Crippen molar-refractivity contribution >= 4 is 29.6 Å². The maximum absolute atomic E-state index is 8.54. The van der Waals surface area contributed by atoms with Crippen LogP contribution >= 0.6 is 0 Å². The van der Waals surface area contributed by atoms with E-state index in [9.17, 15) is 0 Å². The molecule has 0 spiro atoms. The molecule has 0 amide bonds. The van der Waals surface area contributed by atoms with Crippen molar-refractivity contribution in [3.8, 4) is 0 Å². The molecule has 0 unspecified atom stereocenters. The molecular weight excluding hydrogens is 207 g/mol. The van der Waals surface area contributed by atoms with Crippen LogP contribution in [0.25, 0.3) is 0 Å². The number of hydrogen-bond acceptors (Lipinski definition) is 1. The molecule has 0 aliphatic heterocycles. The maximum Gasteiger partial charge on any atom is -0.00201 e. The van der Waals surface area contributed by atoms with Gasteiger partial charge in [0, 0.05) is 0 Å². The topological polar surface area (TPSA) is 20.2 Å². The molecule has 2 heteroatoms. The third kappa shape index (κ3) is 4.11. The molecule has 0 bridgehead atoms. The van der Waals surface area contributed by atoms with Crippen LogP contribution < -0.4 is 0 Å². The van der Waals surface area contributed by atoms with Crippen molar-refractivity contribution < 1.29 is 5.11 Å². The number of hydrogen-bond donors (Lipinski definition) is 1. The van der Waals surface area contributed by atoms with Gasteiger partial charge in [0.05, 0.1) is 6.61 Å². The van der Waals surface area contributed by atoms with Crippen molar-refractivity contribution in [3.63, 3.8) is 0 Å². The smallest absolute Gasteiger partial charge is 0.00201 e. The third-order valence-electron chi connectivity index (χ3n) is 2.40. The molecule has 0 saturated carbocycles. The molecule has 1 nitrogen and oxygen atoms in total. The molecule has 78 valence electrons. The van der Waals surface area contributed by atoms with Gasteiger partial charge < -0.3 is 5.11 Å². The average molecular weight is 222 g/mol. The van der Waals surface area contributed by atoms with E-state index in [1.54, 1.807) is 0 Å². The average Bonchev–Trinajstić information content (AvgIpc) is 3.10. The first-order chi connectivity index (χ1) is 7.40. The van der Waals surface area contributed by atoms with Crippen LogP contribution in [0.1, 0.15) is 16.7 Å². The Kier molecular flexibility index (Phi) is 5.78. The van der Waals surface area contributed by atoms with E-state index in [2.05, 4.69) is 24.3 Å².